The Morgan fingerprint density at radius 1 is 1.40 bits per heavy atom. The van der Waals surface area contributed by atoms with Gasteiger partial charge in [0, 0.05) is 24.9 Å². The van der Waals surface area contributed by atoms with Gasteiger partial charge in [0.1, 0.15) is 5.82 Å². The molecule has 0 saturated carbocycles. The molecule has 3 rings (SSSR count). The first kappa shape index (κ1) is 16.9. The number of benzene rings is 1. The highest BCUT2D eigenvalue weighted by atomic mass is 16.2. The van der Waals surface area contributed by atoms with E-state index in [9.17, 15) is 9.59 Å². The Bertz CT molecular complexity index is 893. The van der Waals surface area contributed by atoms with Crippen molar-refractivity contribution in [1.82, 2.24) is 14.9 Å². The third kappa shape index (κ3) is 3.31. The number of nitriles is 1. The first-order valence-electron chi connectivity index (χ1n) is 8.42. The Hall–Kier alpha value is -2.94. The quantitative estimate of drug-likeness (QED) is 0.932. The average molecular weight is 336 g/mol. The third-order valence-electron chi connectivity index (χ3n) is 4.59. The lowest BCUT2D eigenvalue weighted by atomic mass is 9.91. The molecule has 0 saturated heterocycles. The van der Waals surface area contributed by atoms with E-state index >= 15 is 0 Å². The van der Waals surface area contributed by atoms with Crippen molar-refractivity contribution in [3.05, 3.63) is 51.4 Å². The second-order valence-corrected chi connectivity index (χ2v) is 6.35. The molecular formula is C19H20N4O2. The molecule has 0 fully saturated rings. The number of H-pyrrole nitrogens is 1. The van der Waals surface area contributed by atoms with Gasteiger partial charge in [0.05, 0.1) is 29.4 Å². The Balaban J connectivity index is 2.07. The van der Waals surface area contributed by atoms with Gasteiger partial charge in [-0.1, -0.05) is 13.3 Å². The number of rotatable bonds is 3. The van der Waals surface area contributed by atoms with E-state index in [4.69, 9.17) is 10.2 Å². The van der Waals surface area contributed by atoms with Gasteiger partial charge in [-0.2, -0.15) is 5.26 Å². The summed E-state index contributed by atoms with van der Waals surface area (Å²) in [6, 6.07) is 9.05. The number of aromatic nitrogens is 2. The lowest BCUT2D eigenvalue weighted by Crippen LogP contribution is -2.40. The van der Waals surface area contributed by atoms with Crippen LogP contribution >= 0.6 is 0 Å². The van der Waals surface area contributed by atoms with E-state index in [0.29, 0.717) is 30.0 Å². The number of hydrogen-bond donors (Lipinski definition) is 1. The van der Waals surface area contributed by atoms with Gasteiger partial charge in [-0.3, -0.25) is 9.59 Å². The predicted molar refractivity (Wildman–Crippen MR) is 93.7 cm³/mol. The topological polar surface area (TPSA) is 89.8 Å². The SMILES string of the molecule is CCCC1CN(C(C)=O)Cc2c1nc(-c1ccc(C#N)cc1)[nH]c2=O. The molecule has 1 aliphatic rings. The monoisotopic (exact) mass is 336 g/mol. The van der Waals surface area contributed by atoms with Crippen molar-refractivity contribution in [3.8, 4) is 17.5 Å². The van der Waals surface area contributed by atoms with E-state index in [-0.39, 0.29) is 17.4 Å². The van der Waals surface area contributed by atoms with Crippen molar-refractivity contribution in [1.29, 1.82) is 5.26 Å². The summed E-state index contributed by atoms with van der Waals surface area (Å²) in [4.78, 5) is 33.6. The molecule has 1 unspecified atom stereocenters. The average Bonchev–Trinajstić information content (AvgIpc) is 2.62. The smallest absolute Gasteiger partial charge is 0.256 e. The van der Waals surface area contributed by atoms with Gasteiger partial charge in [-0.15, -0.1) is 0 Å². The molecule has 0 radical (unpaired) electrons. The maximum Gasteiger partial charge on any atom is 0.256 e. The van der Waals surface area contributed by atoms with Crippen LogP contribution in [0.25, 0.3) is 11.4 Å². The zero-order valence-electron chi connectivity index (χ0n) is 14.4. The zero-order valence-corrected chi connectivity index (χ0v) is 14.4. The van der Waals surface area contributed by atoms with E-state index < -0.39 is 0 Å². The lowest BCUT2D eigenvalue weighted by Gasteiger charge is -2.33. The summed E-state index contributed by atoms with van der Waals surface area (Å²) in [5.74, 6) is 0.546. The largest absolute Gasteiger partial charge is 0.338 e. The molecule has 2 aromatic rings. The van der Waals surface area contributed by atoms with Gasteiger partial charge in [0.15, 0.2) is 0 Å². The number of nitrogens with zero attached hydrogens (tertiary/aromatic N) is 3. The Morgan fingerprint density at radius 2 is 2.12 bits per heavy atom. The van der Waals surface area contributed by atoms with Gasteiger partial charge in [0.25, 0.3) is 5.56 Å². The van der Waals surface area contributed by atoms with Gasteiger partial charge in [-0.05, 0) is 30.7 Å². The summed E-state index contributed by atoms with van der Waals surface area (Å²) in [7, 11) is 0. The standard InChI is InChI=1S/C19H20N4O2/c1-3-4-15-10-23(12(2)24)11-16-17(15)21-18(22-19(16)25)14-7-5-13(9-20)6-8-14/h5-8,15H,3-4,10-11H2,1-2H3,(H,21,22,25). The summed E-state index contributed by atoms with van der Waals surface area (Å²) >= 11 is 0. The van der Waals surface area contributed by atoms with Gasteiger partial charge in [0.2, 0.25) is 5.91 Å². The first-order valence-corrected chi connectivity index (χ1v) is 8.42. The van der Waals surface area contributed by atoms with Crippen LogP contribution in [0, 0.1) is 11.3 Å². The summed E-state index contributed by atoms with van der Waals surface area (Å²) < 4.78 is 0. The molecular weight excluding hydrogens is 316 g/mol. The molecule has 1 aromatic heterocycles. The number of aromatic amines is 1. The molecule has 1 aromatic carbocycles. The fourth-order valence-corrected chi connectivity index (χ4v) is 3.27. The maximum atomic E-state index is 12.6. The number of fused-ring (bicyclic) bond motifs is 1. The second kappa shape index (κ2) is 6.89. The maximum absolute atomic E-state index is 12.6. The van der Waals surface area contributed by atoms with Crippen molar-refractivity contribution in [2.24, 2.45) is 0 Å². The highest BCUT2D eigenvalue weighted by Gasteiger charge is 2.30. The van der Waals surface area contributed by atoms with Crippen LogP contribution in [-0.2, 0) is 11.3 Å². The van der Waals surface area contributed by atoms with Crippen LogP contribution in [0.1, 0.15) is 49.4 Å². The molecule has 1 aliphatic heterocycles. The Morgan fingerprint density at radius 3 is 2.72 bits per heavy atom. The van der Waals surface area contributed by atoms with Crippen LogP contribution in [0.15, 0.2) is 29.1 Å². The molecule has 1 atom stereocenters. The minimum absolute atomic E-state index is 0.0256. The van der Waals surface area contributed by atoms with Crippen LogP contribution in [0.3, 0.4) is 0 Å². The van der Waals surface area contributed by atoms with E-state index in [1.54, 1.807) is 29.2 Å². The van der Waals surface area contributed by atoms with Crippen molar-refractivity contribution < 1.29 is 4.79 Å². The van der Waals surface area contributed by atoms with Crippen LogP contribution in [-0.4, -0.2) is 27.3 Å². The molecule has 6 nitrogen and oxygen atoms in total. The van der Waals surface area contributed by atoms with Gasteiger partial charge >= 0.3 is 0 Å². The summed E-state index contributed by atoms with van der Waals surface area (Å²) in [5.41, 5.74) is 2.50. The molecule has 128 valence electrons. The molecule has 1 N–H and O–H groups in total. The zero-order chi connectivity index (χ0) is 18.0. The van der Waals surface area contributed by atoms with E-state index in [2.05, 4.69) is 18.0 Å². The minimum atomic E-state index is -0.198. The fraction of sp³-hybridized carbons (Fsp3) is 0.368. The molecule has 0 bridgehead atoms. The van der Waals surface area contributed by atoms with Crippen LogP contribution < -0.4 is 5.56 Å². The molecule has 1 amide bonds. The van der Waals surface area contributed by atoms with Crippen molar-refractivity contribution in [2.45, 2.75) is 39.2 Å². The highest BCUT2D eigenvalue weighted by molar-refractivity contribution is 5.73. The lowest BCUT2D eigenvalue weighted by molar-refractivity contribution is -0.130. The summed E-state index contributed by atoms with van der Waals surface area (Å²) in [6.07, 6.45) is 1.83. The molecule has 2 heterocycles. The van der Waals surface area contributed by atoms with Crippen molar-refractivity contribution in [3.63, 3.8) is 0 Å². The first-order chi connectivity index (χ1) is 12.0. The summed E-state index contributed by atoms with van der Waals surface area (Å²) in [6.45, 7) is 4.52. The van der Waals surface area contributed by atoms with Gasteiger partial charge in [-0.25, -0.2) is 4.98 Å². The summed E-state index contributed by atoms with van der Waals surface area (Å²) in [5, 5.41) is 8.91. The Labute approximate surface area is 146 Å². The van der Waals surface area contributed by atoms with Crippen LogP contribution in [0.2, 0.25) is 0 Å². The van der Waals surface area contributed by atoms with E-state index in [0.717, 1.165) is 24.1 Å². The Kier molecular flexibility index (Phi) is 4.66. The van der Waals surface area contributed by atoms with Crippen LogP contribution in [0.4, 0.5) is 0 Å². The molecule has 25 heavy (non-hydrogen) atoms. The van der Waals surface area contributed by atoms with E-state index in [1.165, 1.54) is 6.92 Å². The number of nitrogens with one attached hydrogen (secondary N) is 1. The number of carbonyl (C=O) groups excluding carboxylic acids is 1. The molecule has 6 heteroatoms. The van der Waals surface area contributed by atoms with E-state index in [1.807, 2.05) is 0 Å². The highest BCUT2D eigenvalue weighted by Crippen LogP contribution is 2.29. The minimum Gasteiger partial charge on any atom is -0.338 e. The molecule has 0 spiro atoms. The normalized spacial score (nSPS) is 16.2. The second-order valence-electron chi connectivity index (χ2n) is 6.35. The fourth-order valence-electron chi connectivity index (χ4n) is 3.27. The number of hydrogen-bond acceptors (Lipinski definition) is 4. The predicted octanol–water partition coefficient (Wildman–Crippen LogP) is 2.55. The number of amides is 1. The number of carbonyl (C=O) groups is 1. The van der Waals surface area contributed by atoms with Crippen LogP contribution in [0.5, 0.6) is 0 Å². The van der Waals surface area contributed by atoms with Gasteiger partial charge < -0.3 is 9.88 Å². The van der Waals surface area contributed by atoms with Crippen molar-refractivity contribution in [2.75, 3.05) is 6.54 Å². The van der Waals surface area contributed by atoms with Crippen molar-refractivity contribution >= 4 is 5.91 Å². The molecule has 0 aliphatic carbocycles. The third-order valence-corrected chi connectivity index (χ3v) is 4.59.